The fourth-order valence-electron chi connectivity index (χ4n) is 1.84. The Morgan fingerprint density at radius 3 is 2.50 bits per heavy atom. The highest BCUT2D eigenvalue weighted by Crippen LogP contribution is 2.27. The molecule has 0 spiro atoms. The van der Waals surface area contributed by atoms with Gasteiger partial charge in [-0.15, -0.1) is 0 Å². The molecule has 1 N–H and O–H groups in total. The minimum Gasteiger partial charge on any atom is -0.380 e. The van der Waals surface area contributed by atoms with E-state index >= 15 is 0 Å². The Bertz CT molecular complexity index is 615. The quantitative estimate of drug-likeness (QED) is 0.895. The standard InChI is InChI=1S/C15H11BrF2N2/c16-13-6-12(17)7-14(18)15(13)20-9-11(8-19)10-4-2-1-3-5-10/h1-7,11,20H,9H2. The van der Waals surface area contributed by atoms with Gasteiger partial charge in [-0.05, 0) is 27.6 Å². The summed E-state index contributed by atoms with van der Waals surface area (Å²) in [5.74, 6) is -1.76. The molecule has 1 atom stereocenters. The van der Waals surface area contributed by atoms with Gasteiger partial charge in [0, 0.05) is 17.1 Å². The fourth-order valence-corrected chi connectivity index (χ4v) is 2.39. The number of hydrogen-bond acceptors (Lipinski definition) is 2. The summed E-state index contributed by atoms with van der Waals surface area (Å²) in [5.41, 5.74) is 1.00. The van der Waals surface area contributed by atoms with Gasteiger partial charge in [0.1, 0.15) is 11.6 Å². The molecule has 2 nitrogen and oxygen atoms in total. The van der Waals surface area contributed by atoms with Gasteiger partial charge >= 0.3 is 0 Å². The second kappa shape index (κ2) is 6.49. The van der Waals surface area contributed by atoms with Crippen LogP contribution in [0.2, 0.25) is 0 Å². The number of nitriles is 1. The van der Waals surface area contributed by atoms with Crippen molar-refractivity contribution >= 4 is 21.6 Å². The Labute approximate surface area is 124 Å². The molecule has 0 heterocycles. The van der Waals surface area contributed by atoms with E-state index in [1.54, 1.807) is 0 Å². The van der Waals surface area contributed by atoms with E-state index in [9.17, 15) is 14.0 Å². The number of nitrogens with one attached hydrogen (secondary N) is 1. The van der Waals surface area contributed by atoms with E-state index in [0.717, 1.165) is 11.6 Å². The smallest absolute Gasteiger partial charge is 0.150 e. The van der Waals surface area contributed by atoms with Gasteiger partial charge < -0.3 is 5.32 Å². The molecule has 0 saturated carbocycles. The summed E-state index contributed by atoms with van der Waals surface area (Å²) in [5, 5.41) is 12.0. The second-order valence-corrected chi connectivity index (χ2v) is 5.07. The first-order valence-corrected chi connectivity index (χ1v) is 6.74. The third-order valence-corrected chi connectivity index (χ3v) is 3.47. The van der Waals surface area contributed by atoms with Crippen LogP contribution in [-0.2, 0) is 0 Å². The molecule has 0 aliphatic rings. The van der Waals surface area contributed by atoms with Crippen LogP contribution in [0.15, 0.2) is 46.9 Å². The monoisotopic (exact) mass is 336 g/mol. The molecule has 0 aromatic heterocycles. The average Bonchev–Trinajstić information content (AvgIpc) is 2.43. The minimum atomic E-state index is -0.693. The van der Waals surface area contributed by atoms with Crippen molar-refractivity contribution in [3.8, 4) is 6.07 Å². The number of nitrogens with zero attached hydrogens (tertiary/aromatic N) is 1. The van der Waals surface area contributed by atoms with Crippen LogP contribution in [0.1, 0.15) is 11.5 Å². The lowest BCUT2D eigenvalue weighted by molar-refractivity contribution is 0.583. The van der Waals surface area contributed by atoms with Crippen LogP contribution in [0.5, 0.6) is 0 Å². The first-order valence-electron chi connectivity index (χ1n) is 5.95. The number of rotatable bonds is 4. The summed E-state index contributed by atoms with van der Waals surface area (Å²) >= 11 is 3.10. The van der Waals surface area contributed by atoms with E-state index in [-0.39, 0.29) is 12.2 Å². The molecule has 2 aromatic rings. The van der Waals surface area contributed by atoms with Crippen LogP contribution in [0, 0.1) is 23.0 Å². The predicted octanol–water partition coefficient (Wildman–Crippen LogP) is 4.45. The minimum absolute atomic E-state index is 0.155. The summed E-state index contributed by atoms with van der Waals surface area (Å²) < 4.78 is 26.9. The number of anilines is 1. The number of halogens is 3. The SMILES string of the molecule is N#CC(CNc1c(F)cc(F)cc1Br)c1ccccc1. The van der Waals surface area contributed by atoms with Crippen LogP contribution in [0.3, 0.4) is 0 Å². The highest BCUT2D eigenvalue weighted by Gasteiger charge is 2.14. The van der Waals surface area contributed by atoms with Gasteiger partial charge in [0.2, 0.25) is 0 Å². The van der Waals surface area contributed by atoms with E-state index in [1.165, 1.54) is 6.07 Å². The van der Waals surface area contributed by atoms with Gasteiger partial charge in [-0.2, -0.15) is 5.26 Å². The maximum Gasteiger partial charge on any atom is 0.150 e. The third-order valence-electron chi connectivity index (χ3n) is 2.85. The molecule has 2 aromatic carbocycles. The van der Waals surface area contributed by atoms with Crippen molar-refractivity contribution in [1.29, 1.82) is 5.26 Å². The maximum atomic E-state index is 13.7. The summed E-state index contributed by atoms with van der Waals surface area (Å²) in [4.78, 5) is 0. The van der Waals surface area contributed by atoms with Gasteiger partial charge in [-0.3, -0.25) is 0 Å². The Balaban J connectivity index is 2.14. The van der Waals surface area contributed by atoms with E-state index in [4.69, 9.17) is 0 Å². The van der Waals surface area contributed by atoms with Gasteiger partial charge in [0.25, 0.3) is 0 Å². The largest absolute Gasteiger partial charge is 0.380 e. The molecule has 0 bridgehead atoms. The van der Waals surface area contributed by atoms with Crippen molar-refractivity contribution < 1.29 is 8.78 Å². The molecule has 0 saturated heterocycles. The maximum absolute atomic E-state index is 13.7. The molecule has 0 amide bonds. The van der Waals surface area contributed by atoms with E-state index < -0.39 is 17.6 Å². The van der Waals surface area contributed by atoms with Crippen LogP contribution >= 0.6 is 15.9 Å². The Kier molecular flexibility index (Phi) is 4.70. The van der Waals surface area contributed by atoms with E-state index in [2.05, 4.69) is 27.3 Å². The zero-order valence-electron chi connectivity index (χ0n) is 10.4. The molecule has 2 rings (SSSR count). The zero-order valence-corrected chi connectivity index (χ0v) is 12.0. The fraction of sp³-hybridized carbons (Fsp3) is 0.133. The molecule has 1 unspecified atom stereocenters. The topological polar surface area (TPSA) is 35.8 Å². The van der Waals surface area contributed by atoms with Crippen LogP contribution in [0.4, 0.5) is 14.5 Å². The van der Waals surface area contributed by atoms with Crippen LogP contribution in [-0.4, -0.2) is 6.54 Å². The van der Waals surface area contributed by atoms with Crippen molar-refractivity contribution in [2.75, 3.05) is 11.9 Å². The predicted molar refractivity (Wildman–Crippen MR) is 77.3 cm³/mol. The first-order chi connectivity index (χ1) is 9.61. The zero-order chi connectivity index (χ0) is 14.5. The summed E-state index contributed by atoms with van der Waals surface area (Å²) in [6.07, 6.45) is 0. The highest BCUT2D eigenvalue weighted by atomic mass is 79.9. The van der Waals surface area contributed by atoms with Gasteiger partial charge in [0.15, 0.2) is 0 Å². The first kappa shape index (κ1) is 14.5. The molecule has 20 heavy (non-hydrogen) atoms. The lowest BCUT2D eigenvalue weighted by Gasteiger charge is -2.14. The molecular formula is C15H11BrF2N2. The normalized spacial score (nSPS) is 11.7. The second-order valence-electron chi connectivity index (χ2n) is 4.22. The molecule has 0 radical (unpaired) electrons. The third kappa shape index (κ3) is 3.34. The van der Waals surface area contributed by atoms with Gasteiger partial charge in [-0.25, -0.2) is 8.78 Å². The van der Waals surface area contributed by atoms with Crippen molar-refractivity contribution in [3.63, 3.8) is 0 Å². The molecule has 0 aliphatic heterocycles. The molecule has 0 fully saturated rings. The lowest BCUT2D eigenvalue weighted by atomic mass is 10.0. The van der Waals surface area contributed by atoms with Crippen molar-refractivity contribution in [1.82, 2.24) is 0 Å². The molecule has 5 heteroatoms. The number of benzene rings is 2. The lowest BCUT2D eigenvalue weighted by Crippen LogP contribution is -2.12. The van der Waals surface area contributed by atoms with Crippen molar-refractivity contribution in [3.05, 3.63) is 64.1 Å². The summed E-state index contributed by atoms with van der Waals surface area (Å²) in [6.45, 7) is 0.238. The average molecular weight is 337 g/mol. The highest BCUT2D eigenvalue weighted by molar-refractivity contribution is 9.10. The van der Waals surface area contributed by atoms with E-state index in [0.29, 0.717) is 4.47 Å². The summed E-state index contributed by atoms with van der Waals surface area (Å²) in [6, 6.07) is 13.4. The Morgan fingerprint density at radius 2 is 1.90 bits per heavy atom. The molecule has 102 valence electrons. The van der Waals surface area contributed by atoms with Gasteiger partial charge in [0.05, 0.1) is 17.7 Å². The Hall–Kier alpha value is -1.93. The Morgan fingerprint density at radius 1 is 1.20 bits per heavy atom. The van der Waals surface area contributed by atoms with Gasteiger partial charge in [-0.1, -0.05) is 30.3 Å². The molecular weight excluding hydrogens is 326 g/mol. The van der Waals surface area contributed by atoms with Crippen molar-refractivity contribution in [2.24, 2.45) is 0 Å². The van der Waals surface area contributed by atoms with Crippen molar-refractivity contribution in [2.45, 2.75) is 5.92 Å². The molecule has 0 aliphatic carbocycles. The number of hydrogen-bond donors (Lipinski definition) is 1. The van der Waals surface area contributed by atoms with Crippen LogP contribution < -0.4 is 5.32 Å². The van der Waals surface area contributed by atoms with Crippen LogP contribution in [0.25, 0.3) is 0 Å². The van der Waals surface area contributed by atoms with E-state index in [1.807, 2.05) is 30.3 Å². The summed E-state index contributed by atoms with van der Waals surface area (Å²) in [7, 11) is 0.